The Labute approximate surface area is 181 Å². The number of amides is 1. The summed E-state index contributed by atoms with van der Waals surface area (Å²) in [6.07, 6.45) is 0.100. The molecule has 2 aromatic rings. The second-order valence-corrected chi connectivity index (χ2v) is 8.41. The maximum absolute atomic E-state index is 12.1. The smallest absolute Gasteiger partial charge is 0.217 e. The van der Waals surface area contributed by atoms with Gasteiger partial charge in [-0.05, 0) is 17.7 Å². The molecule has 7 heteroatoms. The summed E-state index contributed by atoms with van der Waals surface area (Å²) in [6.45, 7) is 2.75. The van der Waals surface area contributed by atoms with Crippen LogP contribution in [0.4, 0.5) is 0 Å². The van der Waals surface area contributed by atoms with Crippen molar-refractivity contribution in [2.45, 2.75) is 31.5 Å². The molecule has 2 aromatic carbocycles. The van der Waals surface area contributed by atoms with Gasteiger partial charge in [-0.25, -0.2) is 0 Å². The summed E-state index contributed by atoms with van der Waals surface area (Å²) < 4.78 is 0.343. The van der Waals surface area contributed by atoms with Gasteiger partial charge >= 0.3 is 0 Å². The standard InChI is InChI=1S/C22H23Cl2N3O2/c1-15(28)26-21(16-5-3-2-4-6-16)22(17-7-8-19(23)20(24)13-17)27(12-10-25)11-9-18(29)14-27/h2-8,13,18,21-22,29H,9,11-12,14H2,1H3/p+1/t18-,21-,22?,27?/m0/s1. The van der Waals surface area contributed by atoms with Crippen molar-refractivity contribution in [1.29, 1.82) is 5.26 Å². The highest BCUT2D eigenvalue weighted by Crippen LogP contribution is 2.43. The minimum absolute atomic E-state index is 0.168. The number of aliphatic hydroxyl groups excluding tert-OH is 1. The number of halogens is 2. The molecule has 0 bridgehead atoms. The predicted octanol–water partition coefficient (Wildman–Crippen LogP) is 4.02. The fourth-order valence-corrected chi connectivity index (χ4v) is 4.70. The SMILES string of the molecule is CC(=O)N[C@@H](c1ccccc1)C(c1ccc(Cl)c(Cl)c1)[N+]1(CC#N)CC[C@H](O)C1. The lowest BCUT2D eigenvalue weighted by molar-refractivity contribution is -0.943. The highest BCUT2D eigenvalue weighted by Gasteiger charge is 2.48. The molecule has 2 unspecified atom stereocenters. The minimum atomic E-state index is -0.498. The van der Waals surface area contributed by atoms with Gasteiger partial charge in [0.05, 0.1) is 16.6 Å². The van der Waals surface area contributed by atoms with Gasteiger partial charge in [0.25, 0.3) is 0 Å². The Morgan fingerprint density at radius 2 is 1.97 bits per heavy atom. The van der Waals surface area contributed by atoms with E-state index in [2.05, 4.69) is 11.4 Å². The second kappa shape index (κ2) is 9.15. The summed E-state index contributed by atoms with van der Waals surface area (Å²) in [5, 5.41) is 23.9. The molecule has 1 heterocycles. The monoisotopic (exact) mass is 432 g/mol. The molecule has 0 radical (unpaired) electrons. The molecule has 4 atom stereocenters. The molecule has 0 saturated carbocycles. The lowest BCUT2D eigenvalue weighted by Gasteiger charge is -2.44. The molecular weight excluding hydrogens is 409 g/mol. The summed E-state index contributed by atoms with van der Waals surface area (Å²) in [4.78, 5) is 12.1. The summed E-state index contributed by atoms with van der Waals surface area (Å²) in [5.74, 6) is -0.168. The van der Waals surface area contributed by atoms with E-state index >= 15 is 0 Å². The normalized spacial score (nSPS) is 23.2. The molecule has 1 aliphatic rings. The second-order valence-electron chi connectivity index (χ2n) is 7.59. The topological polar surface area (TPSA) is 73.1 Å². The Hall–Kier alpha value is -2.10. The van der Waals surface area contributed by atoms with E-state index in [1.165, 1.54) is 6.92 Å². The number of rotatable bonds is 6. The van der Waals surface area contributed by atoms with Crippen molar-refractivity contribution < 1.29 is 14.4 Å². The number of nitriles is 1. The first-order chi connectivity index (χ1) is 13.9. The molecule has 152 valence electrons. The Balaban J connectivity index is 2.21. The summed E-state index contributed by atoms with van der Waals surface area (Å²) in [5.41, 5.74) is 1.79. The number of carbonyl (C=O) groups is 1. The van der Waals surface area contributed by atoms with Gasteiger partial charge < -0.3 is 14.9 Å². The third kappa shape index (κ3) is 4.73. The first kappa shape index (κ1) is 21.6. The lowest BCUT2D eigenvalue weighted by atomic mass is 9.90. The van der Waals surface area contributed by atoms with Crippen LogP contribution >= 0.6 is 23.2 Å². The zero-order chi connectivity index (χ0) is 21.0. The molecule has 1 fully saturated rings. The number of carbonyl (C=O) groups excluding carboxylic acids is 1. The predicted molar refractivity (Wildman–Crippen MR) is 113 cm³/mol. The van der Waals surface area contributed by atoms with Crippen LogP contribution in [0.2, 0.25) is 10.0 Å². The Morgan fingerprint density at radius 1 is 1.24 bits per heavy atom. The number of nitrogens with one attached hydrogen (secondary N) is 1. The van der Waals surface area contributed by atoms with Crippen LogP contribution < -0.4 is 5.32 Å². The number of quaternary nitrogens is 1. The third-order valence-electron chi connectivity index (χ3n) is 5.58. The molecule has 3 rings (SSSR count). The van der Waals surface area contributed by atoms with Gasteiger partial charge in [0.2, 0.25) is 5.91 Å². The molecule has 0 aromatic heterocycles. The molecule has 1 amide bonds. The molecular formula is C22H24Cl2N3O2+. The number of likely N-dealkylation sites (tertiary alicyclic amines) is 1. The molecule has 0 spiro atoms. The number of nitrogens with zero attached hydrogens (tertiary/aromatic N) is 2. The quantitative estimate of drug-likeness (QED) is 0.534. The number of hydrogen-bond donors (Lipinski definition) is 2. The van der Waals surface area contributed by atoms with Crippen LogP contribution in [0.1, 0.15) is 36.6 Å². The van der Waals surface area contributed by atoms with Gasteiger partial charge in [-0.2, -0.15) is 5.26 Å². The maximum Gasteiger partial charge on any atom is 0.217 e. The minimum Gasteiger partial charge on any atom is -0.387 e. The molecule has 1 saturated heterocycles. The summed E-state index contributed by atoms with van der Waals surface area (Å²) in [6, 6.07) is 16.7. The van der Waals surface area contributed by atoms with Crippen LogP contribution in [-0.4, -0.2) is 41.2 Å². The van der Waals surface area contributed by atoms with Crippen molar-refractivity contribution in [3.8, 4) is 6.07 Å². The van der Waals surface area contributed by atoms with Crippen LogP contribution in [0.3, 0.4) is 0 Å². The summed E-state index contributed by atoms with van der Waals surface area (Å²) in [7, 11) is 0. The number of hydrogen-bond acceptors (Lipinski definition) is 3. The van der Waals surface area contributed by atoms with E-state index in [0.717, 1.165) is 11.1 Å². The zero-order valence-electron chi connectivity index (χ0n) is 16.2. The van der Waals surface area contributed by atoms with Crippen LogP contribution in [-0.2, 0) is 4.79 Å². The van der Waals surface area contributed by atoms with Gasteiger partial charge in [-0.3, -0.25) is 4.79 Å². The lowest BCUT2D eigenvalue weighted by Crippen LogP contribution is -2.54. The van der Waals surface area contributed by atoms with Crippen molar-refractivity contribution in [3.63, 3.8) is 0 Å². The highest BCUT2D eigenvalue weighted by atomic mass is 35.5. The molecule has 5 nitrogen and oxygen atoms in total. The zero-order valence-corrected chi connectivity index (χ0v) is 17.7. The molecule has 29 heavy (non-hydrogen) atoms. The van der Waals surface area contributed by atoms with E-state index in [0.29, 0.717) is 34.0 Å². The van der Waals surface area contributed by atoms with E-state index in [4.69, 9.17) is 23.2 Å². The van der Waals surface area contributed by atoms with E-state index in [9.17, 15) is 15.2 Å². The highest BCUT2D eigenvalue weighted by molar-refractivity contribution is 6.42. The Morgan fingerprint density at radius 3 is 2.52 bits per heavy atom. The fraction of sp³-hybridized carbons (Fsp3) is 0.364. The first-order valence-corrected chi connectivity index (χ1v) is 10.3. The van der Waals surface area contributed by atoms with Gasteiger partial charge in [0.1, 0.15) is 30.8 Å². The van der Waals surface area contributed by atoms with Gasteiger partial charge in [-0.15, -0.1) is 0 Å². The van der Waals surface area contributed by atoms with Crippen molar-refractivity contribution in [1.82, 2.24) is 5.32 Å². The van der Waals surface area contributed by atoms with E-state index in [-0.39, 0.29) is 18.5 Å². The van der Waals surface area contributed by atoms with Crippen molar-refractivity contribution in [2.75, 3.05) is 19.6 Å². The van der Waals surface area contributed by atoms with Gasteiger partial charge in [0, 0.05) is 18.9 Å². The number of benzene rings is 2. The molecule has 0 aliphatic carbocycles. The molecule has 2 N–H and O–H groups in total. The van der Waals surface area contributed by atoms with Gasteiger partial charge in [-0.1, -0.05) is 59.6 Å². The first-order valence-electron chi connectivity index (χ1n) is 9.54. The van der Waals surface area contributed by atoms with E-state index < -0.39 is 12.1 Å². The van der Waals surface area contributed by atoms with Crippen LogP contribution in [0.25, 0.3) is 0 Å². The van der Waals surface area contributed by atoms with E-state index in [1.54, 1.807) is 12.1 Å². The number of aliphatic hydroxyl groups is 1. The average molecular weight is 433 g/mol. The van der Waals surface area contributed by atoms with Crippen molar-refractivity contribution in [2.24, 2.45) is 0 Å². The van der Waals surface area contributed by atoms with Crippen LogP contribution in [0.15, 0.2) is 48.5 Å². The Bertz CT molecular complexity index is 916. The van der Waals surface area contributed by atoms with Crippen LogP contribution in [0, 0.1) is 11.3 Å². The average Bonchev–Trinajstić information content (AvgIpc) is 3.06. The molecule has 1 aliphatic heterocycles. The summed E-state index contributed by atoms with van der Waals surface area (Å²) >= 11 is 12.5. The maximum atomic E-state index is 12.1. The van der Waals surface area contributed by atoms with E-state index in [1.807, 2.05) is 36.4 Å². The van der Waals surface area contributed by atoms with Crippen LogP contribution in [0.5, 0.6) is 0 Å². The van der Waals surface area contributed by atoms with Crippen molar-refractivity contribution in [3.05, 3.63) is 69.7 Å². The largest absolute Gasteiger partial charge is 0.387 e. The fourth-order valence-electron chi connectivity index (χ4n) is 4.39. The third-order valence-corrected chi connectivity index (χ3v) is 6.32. The Kier molecular flexibility index (Phi) is 6.81. The van der Waals surface area contributed by atoms with Crippen molar-refractivity contribution >= 4 is 29.1 Å². The van der Waals surface area contributed by atoms with Gasteiger partial charge in [0.15, 0.2) is 6.54 Å².